The van der Waals surface area contributed by atoms with E-state index in [-0.39, 0.29) is 23.7 Å². The van der Waals surface area contributed by atoms with E-state index in [0.717, 1.165) is 0 Å². The van der Waals surface area contributed by atoms with Crippen LogP contribution in [-0.4, -0.2) is 23.0 Å². The molecule has 0 aromatic heterocycles. The van der Waals surface area contributed by atoms with E-state index in [1.807, 2.05) is 0 Å². The molecule has 0 aliphatic carbocycles. The maximum Gasteiger partial charge on any atom is 0.288 e. The van der Waals surface area contributed by atoms with Crippen molar-refractivity contribution in [1.82, 2.24) is 0 Å². The van der Waals surface area contributed by atoms with Crippen LogP contribution in [0.4, 0.5) is 5.69 Å². The zero-order valence-corrected chi connectivity index (χ0v) is 11.0. The van der Waals surface area contributed by atoms with Crippen molar-refractivity contribution in [3.05, 3.63) is 33.3 Å². The molecule has 0 aliphatic heterocycles. The molecular weight excluding hydrogens is 274 g/mol. The number of nitrogens with zero attached hydrogens (tertiary/aromatic N) is 1. The number of amides is 1. The van der Waals surface area contributed by atoms with Gasteiger partial charge in [-0.1, -0.05) is 11.6 Å². The Morgan fingerprint density at radius 3 is 2.68 bits per heavy atom. The highest BCUT2D eigenvalue weighted by atomic mass is 35.5. The summed E-state index contributed by atoms with van der Waals surface area (Å²) in [5, 5.41) is 10.5. The number of halogens is 1. The highest BCUT2D eigenvalue weighted by molar-refractivity contribution is 6.32. The van der Waals surface area contributed by atoms with E-state index in [1.54, 1.807) is 0 Å². The number of carbonyl (C=O) groups excluding carboxylic acids is 1. The number of nitro groups is 1. The van der Waals surface area contributed by atoms with Crippen molar-refractivity contribution in [2.45, 2.75) is 18.9 Å². The van der Waals surface area contributed by atoms with Gasteiger partial charge in [0.15, 0.2) is 0 Å². The lowest BCUT2D eigenvalue weighted by molar-refractivity contribution is -0.384. The third-order valence-electron chi connectivity index (χ3n) is 2.57. The van der Waals surface area contributed by atoms with Crippen LogP contribution >= 0.6 is 11.6 Å². The van der Waals surface area contributed by atoms with E-state index in [9.17, 15) is 14.9 Å². The topological polar surface area (TPSA) is 121 Å². The number of nitro benzene ring substituents is 1. The van der Waals surface area contributed by atoms with E-state index in [2.05, 4.69) is 0 Å². The molecule has 0 fully saturated rings. The Hall–Kier alpha value is -1.86. The van der Waals surface area contributed by atoms with E-state index < -0.39 is 16.4 Å². The molecule has 0 radical (unpaired) electrons. The molecule has 0 saturated carbocycles. The highest BCUT2D eigenvalue weighted by Crippen LogP contribution is 2.28. The van der Waals surface area contributed by atoms with Gasteiger partial charge in [0.1, 0.15) is 10.8 Å². The van der Waals surface area contributed by atoms with Crippen LogP contribution in [0.3, 0.4) is 0 Å². The van der Waals surface area contributed by atoms with Crippen LogP contribution in [0.15, 0.2) is 18.2 Å². The summed E-state index contributed by atoms with van der Waals surface area (Å²) in [6.45, 7) is 1.64. The summed E-state index contributed by atoms with van der Waals surface area (Å²) >= 11 is 5.72. The average Bonchev–Trinajstić information content (AvgIpc) is 2.28. The normalized spacial score (nSPS) is 13.6. The van der Waals surface area contributed by atoms with Crippen molar-refractivity contribution in [3.8, 4) is 5.75 Å². The Kier molecular flexibility index (Phi) is 4.68. The quantitative estimate of drug-likeness (QED) is 0.602. The molecule has 7 nitrogen and oxygen atoms in total. The Bertz CT molecular complexity index is 505. The van der Waals surface area contributed by atoms with Gasteiger partial charge in [-0.05, 0) is 13.0 Å². The Morgan fingerprint density at radius 1 is 1.58 bits per heavy atom. The fourth-order valence-electron chi connectivity index (χ4n) is 1.23. The maximum absolute atomic E-state index is 11.0. The Balaban J connectivity index is 2.63. The number of hydrogen-bond donors (Lipinski definition) is 2. The van der Waals surface area contributed by atoms with E-state index >= 15 is 0 Å². The number of primary amides is 1. The molecule has 0 saturated heterocycles. The molecule has 1 amide bonds. The molecule has 8 heteroatoms. The van der Waals surface area contributed by atoms with Crippen LogP contribution in [0.1, 0.15) is 13.3 Å². The molecule has 1 rings (SSSR count). The zero-order valence-electron chi connectivity index (χ0n) is 10.3. The van der Waals surface area contributed by atoms with Crippen molar-refractivity contribution in [1.29, 1.82) is 0 Å². The molecule has 19 heavy (non-hydrogen) atoms. The molecular formula is C11H14ClN3O4. The second-order valence-electron chi connectivity index (χ2n) is 4.25. The molecule has 0 spiro atoms. The van der Waals surface area contributed by atoms with Crippen molar-refractivity contribution >= 4 is 23.2 Å². The molecule has 1 aromatic rings. The summed E-state index contributed by atoms with van der Waals surface area (Å²) in [5.74, 6) is -0.270. The standard InChI is InChI=1S/C11H14ClN3O4/c1-11(14,10(13)16)4-5-19-7-2-3-9(15(17)18)8(12)6-7/h2-3,6H,4-5,14H2,1H3,(H2,13,16). The van der Waals surface area contributed by atoms with Gasteiger partial charge < -0.3 is 16.2 Å². The van der Waals surface area contributed by atoms with Crippen LogP contribution in [0.2, 0.25) is 5.02 Å². The molecule has 104 valence electrons. The average molecular weight is 288 g/mol. The van der Waals surface area contributed by atoms with Crippen LogP contribution in [0, 0.1) is 10.1 Å². The van der Waals surface area contributed by atoms with Gasteiger partial charge >= 0.3 is 0 Å². The summed E-state index contributed by atoms with van der Waals surface area (Å²) in [6.07, 6.45) is 0.219. The van der Waals surface area contributed by atoms with E-state index in [1.165, 1.54) is 25.1 Å². The van der Waals surface area contributed by atoms with Gasteiger partial charge in [0.2, 0.25) is 5.91 Å². The van der Waals surface area contributed by atoms with Crippen molar-refractivity contribution in [2.24, 2.45) is 11.5 Å². The molecule has 1 atom stereocenters. The molecule has 0 heterocycles. The first-order valence-electron chi connectivity index (χ1n) is 5.39. The first kappa shape index (κ1) is 15.2. The number of hydrogen-bond acceptors (Lipinski definition) is 5. The van der Waals surface area contributed by atoms with Gasteiger partial charge in [-0.15, -0.1) is 0 Å². The third-order valence-corrected chi connectivity index (χ3v) is 2.87. The predicted octanol–water partition coefficient (Wildman–Crippen LogP) is 1.22. The first-order valence-corrected chi connectivity index (χ1v) is 5.77. The Labute approximate surface area is 114 Å². The molecule has 1 unspecified atom stereocenters. The van der Waals surface area contributed by atoms with Gasteiger partial charge in [-0.3, -0.25) is 14.9 Å². The van der Waals surface area contributed by atoms with Crippen molar-refractivity contribution in [3.63, 3.8) is 0 Å². The molecule has 4 N–H and O–H groups in total. The maximum atomic E-state index is 11.0. The lowest BCUT2D eigenvalue weighted by Gasteiger charge is -2.20. The zero-order chi connectivity index (χ0) is 14.6. The lowest BCUT2D eigenvalue weighted by Crippen LogP contribution is -2.50. The second-order valence-corrected chi connectivity index (χ2v) is 4.66. The van der Waals surface area contributed by atoms with E-state index in [4.69, 9.17) is 27.8 Å². The van der Waals surface area contributed by atoms with Crippen molar-refractivity contribution in [2.75, 3.05) is 6.61 Å². The van der Waals surface area contributed by atoms with Gasteiger partial charge in [0.25, 0.3) is 5.69 Å². The van der Waals surface area contributed by atoms with Gasteiger partial charge in [0.05, 0.1) is 17.1 Å². The number of benzene rings is 1. The fourth-order valence-corrected chi connectivity index (χ4v) is 1.47. The van der Waals surface area contributed by atoms with Gasteiger partial charge in [-0.2, -0.15) is 0 Å². The largest absolute Gasteiger partial charge is 0.493 e. The first-order chi connectivity index (χ1) is 8.74. The second kappa shape index (κ2) is 5.85. The Morgan fingerprint density at radius 2 is 2.21 bits per heavy atom. The fraction of sp³-hybridized carbons (Fsp3) is 0.364. The smallest absolute Gasteiger partial charge is 0.288 e. The van der Waals surface area contributed by atoms with Crippen molar-refractivity contribution < 1.29 is 14.5 Å². The summed E-state index contributed by atoms with van der Waals surface area (Å²) < 4.78 is 5.31. The highest BCUT2D eigenvalue weighted by Gasteiger charge is 2.25. The summed E-state index contributed by atoms with van der Waals surface area (Å²) in [7, 11) is 0. The summed E-state index contributed by atoms with van der Waals surface area (Å²) in [5.41, 5.74) is 9.40. The number of carbonyl (C=O) groups is 1. The minimum absolute atomic E-state index is 0.0205. The lowest BCUT2D eigenvalue weighted by atomic mass is 9.99. The minimum atomic E-state index is -1.16. The SMILES string of the molecule is CC(N)(CCOc1ccc([N+](=O)[O-])c(Cl)c1)C(N)=O. The summed E-state index contributed by atoms with van der Waals surface area (Å²) in [4.78, 5) is 21.0. The number of nitrogens with two attached hydrogens (primary N) is 2. The van der Waals surface area contributed by atoms with Crippen LogP contribution < -0.4 is 16.2 Å². The monoisotopic (exact) mass is 287 g/mol. The van der Waals surface area contributed by atoms with Crippen LogP contribution in [0.5, 0.6) is 5.75 Å². The molecule has 0 aliphatic rings. The van der Waals surface area contributed by atoms with Crippen LogP contribution in [-0.2, 0) is 4.79 Å². The predicted molar refractivity (Wildman–Crippen MR) is 70.0 cm³/mol. The minimum Gasteiger partial charge on any atom is -0.493 e. The van der Waals surface area contributed by atoms with E-state index in [0.29, 0.717) is 5.75 Å². The number of rotatable bonds is 6. The van der Waals surface area contributed by atoms with Crippen LogP contribution in [0.25, 0.3) is 0 Å². The van der Waals surface area contributed by atoms with Gasteiger partial charge in [-0.25, -0.2) is 0 Å². The molecule has 0 bridgehead atoms. The summed E-state index contributed by atoms with van der Waals surface area (Å²) in [6, 6.07) is 3.99. The number of ether oxygens (including phenoxy) is 1. The molecule has 1 aromatic carbocycles. The van der Waals surface area contributed by atoms with Gasteiger partial charge in [0, 0.05) is 18.6 Å². The third kappa shape index (κ3) is 4.08.